The minimum absolute atomic E-state index is 0.0189. The Labute approximate surface area is 220 Å². The van der Waals surface area contributed by atoms with Gasteiger partial charge in [0.15, 0.2) is 11.6 Å². The number of benzene rings is 1. The van der Waals surface area contributed by atoms with Crippen molar-refractivity contribution in [3.63, 3.8) is 0 Å². The number of anilines is 1. The maximum Gasteiger partial charge on any atom is 0.295 e. The molecule has 0 bridgehead atoms. The fourth-order valence-electron chi connectivity index (χ4n) is 3.53. The van der Waals surface area contributed by atoms with Gasteiger partial charge < -0.3 is 5.11 Å². The van der Waals surface area contributed by atoms with Crippen LogP contribution in [-0.2, 0) is 11.3 Å². The number of ketones is 1. The quantitative estimate of drug-likeness (QED) is 0.491. The number of hydrogen-bond acceptors (Lipinski definition) is 8. The van der Waals surface area contributed by atoms with Crippen molar-refractivity contribution in [3.05, 3.63) is 52.4 Å². The zero-order chi connectivity index (χ0) is 27.5. The number of rotatable bonds is 8. The Morgan fingerprint density at radius 1 is 1.32 bits per heavy atom. The Bertz CT molecular complexity index is 1090. The maximum atomic E-state index is 12.9. The second kappa shape index (κ2) is 14.5. The molecule has 2 N–H and O–H groups in total. The third kappa shape index (κ3) is 9.99. The number of amides is 1. The van der Waals surface area contributed by atoms with Crippen LogP contribution in [0, 0.1) is 17.2 Å². The molecule has 1 aromatic carbocycles. The number of aromatic nitrogens is 2. The van der Waals surface area contributed by atoms with Crippen LogP contribution in [0.25, 0.3) is 0 Å². The van der Waals surface area contributed by atoms with E-state index in [1.807, 2.05) is 32.0 Å². The number of halogens is 3. The number of Topliss-reactive ketones (excluding diaryl/α,β-unsaturated/α-hetero) is 1. The molecule has 1 aliphatic heterocycles. The zero-order valence-corrected chi connectivity index (χ0v) is 21.8. The van der Waals surface area contributed by atoms with Crippen LogP contribution in [0.5, 0.6) is 0 Å². The van der Waals surface area contributed by atoms with Crippen molar-refractivity contribution in [2.75, 3.05) is 24.6 Å². The van der Waals surface area contributed by atoms with E-state index in [0.717, 1.165) is 38.4 Å². The second-order valence-corrected chi connectivity index (χ2v) is 9.47. The van der Waals surface area contributed by atoms with Crippen molar-refractivity contribution < 1.29 is 23.5 Å². The molecule has 2 heterocycles. The van der Waals surface area contributed by atoms with E-state index < -0.39 is 12.2 Å². The van der Waals surface area contributed by atoms with Gasteiger partial charge in [-0.25, -0.2) is 13.8 Å². The Morgan fingerprint density at radius 2 is 1.97 bits per heavy atom. The number of aliphatic hydroxyl groups is 1. The van der Waals surface area contributed by atoms with Gasteiger partial charge >= 0.3 is 0 Å². The molecule has 9 nitrogen and oxygen atoms in total. The lowest BCUT2D eigenvalue weighted by Gasteiger charge is -2.30. The van der Waals surface area contributed by atoms with Gasteiger partial charge in [-0.05, 0) is 43.0 Å². The van der Waals surface area contributed by atoms with Crippen molar-refractivity contribution in [2.24, 2.45) is 5.92 Å². The van der Waals surface area contributed by atoms with Crippen LogP contribution in [-0.4, -0.2) is 63.8 Å². The largest absolute Gasteiger partial charge is 0.392 e. The summed E-state index contributed by atoms with van der Waals surface area (Å²) in [6.45, 7) is 7.71. The molecule has 3 rings (SSSR count). The van der Waals surface area contributed by atoms with Crippen LogP contribution in [0.15, 0.2) is 30.5 Å². The molecule has 0 aliphatic carbocycles. The highest BCUT2D eigenvalue weighted by atomic mass is 35.5. The lowest BCUT2D eigenvalue weighted by Crippen LogP contribution is -2.45. The monoisotopic (exact) mass is 536 g/mol. The highest BCUT2D eigenvalue weighted by Gasteiger charge is 2.20. The molecule has 1 aliphatic rings. The van der Waals surface area contributed by atoms with Gasteiger partial charge in [0.2, 0.25) is 5.82 Å². The molecule has 1 amide bonds. The first kappa shape index (κ1) is 30.0. The number of hydrazine groups is 1. The summed E-state index contributed by atoms with van der Waals surface area (Å²) in [4.78, 5) is 32.5. The number of nitrogens with zero attached hydrogens (tertiary/aromatic N) is 5. The zero-order valence-electron chi connectivity index (χ0n) is 21.0. The van der Waals surface area contributed by atoms with E-state index in [0.29, 0.717) is 18.7 Å². The number of carbonyl (C=O) groups is 2. The molecule has 1 atom stereocenters. The van der Waals surface area contributed by atoms with E-state index in [-0.39, 0.29) is 34.6 Å². The van der Waals surface area contributed by atoms with Gasteiger partial charge in [0.1, 0.15) is 11.1 Å². The lowest BCUT2D eigenvalue weighted by molar-refractivity contribution is -0.127. The van der Waals surface area contributed by atoms with Crippen LogP contribution >= 0.6 is 11.6 Å². The first-order valence-corrected chi connectivity index (χ1v) is 12.2. The summed E-state index contributed by atoms with van der Waals surface area (Å²) in [6.07, 6.45) is 0.154. The number of hydrogen-bond donors (Lipinski definition) is 2. The molecule has 1 saturated heterocycles. The van der Waals surface area contributed by atoms with Gasteiger partial charge in [-0.3, -0.25) is 24.9 Å². The van der Waals surface area contributed by atoms with E-state index in [1.54, 1.807) is 17.1 Å². The number of β-amino-alcohol motifs (C(OH)–C–C–N with tert-alkyl or cyclic N) is 1. The smallest absolute Gasteiger partial charge is 0.295 e. The minimum atomic E-state index is -2.79. The van der Waals surface area contributed by atoms with Crippen molar-refractivity contribution >= 4 is 29.1 Å². The Kier molecular flexibility index (Phi) is 11.8. The fourth-order valence-corrected chi connectivity index (χ4v) is 3.73. The van der Waals surface area contributed by atoms with Crippen LogP contribution in [0.3, 0.4) is 0 Å². The van der Waals surface area contributed by atoms with Crippen molar-refractivity contribution in [1.29, 1.82) is 5.26 Å². The van der Waals surface area contributed by atoms with Gasteiger partial charge in [0.05, 0.1) is 12.3 Å². The maximum absolute atomic E-state index is 12.9. The van der Waals surface area contributed by atoms with E-state index in [2.05, 4.69) is 20.3 Å². The number of likely N-dealkylation sites (tertiary alicyclic amines) is 1. The van der Waals surface area contributed by atoms with Crippen LogP contribution in [0.2, 0.25) is 5.02 Å². The normalized spacial score (nSPS) is 15.5. The molecule has 12 heteroatoms. The van der Waals surface area contributed by atoms with E-state index >= 15 is 0 Å². The summed E-state index contributed by atoms with van der Waals surface area (Å²) < 4.78 is 21.6. The first-order chi connectivity index (χ1) is 17.5. The van der Waals surface area contributed by atoms with E-state index in [9.17, 15) is 23.5 Å². The number of nitrogens with one attached hydrogen (secondary N) is 1. The number of alkyl halides is 2. The van der Waals surface area contributed by atoms with E-state index in [4.69, 9.17) is 16.9 Å². The molecule has 0 radical (unpaired) electrons. The molecule has 0 spiro atoms. The minimum Gasteiger partial charge on any atom is -0.392 e. The summed E-state index contributed by atoms with van der Waals surface area (Å²) in [7, 11) is 0. The number of aliphatic hydroxyl groups excluding tert-OH is 1. The van der Waals surface area contributed by atoms with Crippen molar-refractivity contribution in [1.82, 2.24) is 20.3 Å². The second-order valence-electron chi connectivity index (χ2n) is 9.06. The predicted octanol–water partition coefficient (Wildman–Crippen LogP) is 3.61. The summed E-state index contributed by atoms with van der Waals surface area (Å²) in [5, 5.41) is 20.7. The van der Waals surface area contributed by atoms with Gasteiger partial charge in [-0.15, -0.1) is 0 Å². The molecule has 1 fully saturated rings. The topological polar surface area (TPSA) is 122 Å². The molecule has 0 saturated carbocycles. The van der Waals surface area contributed by atoms with Gasteiger partial charge in [0.25, 0.3) is 12.3 Å². The van der Waals surface area contributed by atoms with Gasteiger partial charge in [-0.2, -0.15) is 10.2 Å². The van der Waals surface area contributed by atoms with Crippen LogP contribution < -0.4 is 10.4 Å². The molecule has 200 valence electrons. The lowest BCUT2D eigenvalue weighted by atomic mass is 10.1. The van der Waals surface area contributed by atoms with Crippen molar-refractivity contribution in [3.8, 4) is 6.07 Å². The Morgan fingerprint density at radius 3 is 2.51 bits per heavy atom. The average Bonchev–Trinajstić information content (AvgIpc) is 2.84. The van der Waals surface area contributed by atoms with Gasteiger partial charge in [-0.1, -0.05) is 37.6 Å². The Balaban J connectivity index is 0.000000717. The summed E-state index contributed by atoms with van der Waals surface area (Å²) in [5.41, 5.74) is 4.43. The highest BCUT2D eigenvalue weighted by Crippen LogP contribution is 2.22. The van der Waals surface area contributed by atoms with Crippen LogP contribution in [0.1, 0.15) is 55.4 Å². The average molecular weight is 537 g/mol. The molecule has 1 aromatic heterocycles. The predicted molar refractivity (Wildman–Crippen MR) is 135 cm³/mol. The summed E-state index contributed by atoms with van der Waals surface area (Å²) in [5.74, 6) is -0.895. The molecular formula is C25H31ClF2N6O3. The number of piperidine rings is 1. The summed E-state index contributed by atoms with van der Waals surface area (Å²) in [6, 6.07) is 9.30. The number of carbonyl (C=O) groups excluding carboxylic acids is 2. The standard InChI is InChI=1S/C22H27ClN6O2.C3H4F2O/c1-15(2)12-29(21-19(23)11-25-20(10-24)26-21)27-22(31)17-7-5-16(6-8-17)13-28-9-3-4-18(30)14-28;1-2(6)3(4)5/h5-8,11,15,18,30H,3-4,9,12-14H2,1-2H3,(H,27,31);3H,1H3. The molecular weight excluding hydrogens is 506 g/mol. The molecule has 37 heavy (non-hydrogen) atoms. The SMILES string of the molecule is CC(=O)C(F)F.CC(C)CN(NC(=O)c1ccc(CN2CCCC(O)C2)cc1)c1nc(C#N)ncc1Cl. The van der Waals surface area contributed by atoms with E-state index in [1.165, 1.54) is 6.20 Å². The van der Waals surface area contributed by atoms with Crippen LogP contribution in [0.4, 0.5) is 14.6 Å². The highest BCUT2D eigenvalue weighted by molar-refractivity contribution is 6.32. The third-order valence-electron chi connectivity index (χ3n) is 5.28. The summed E-state index contributed by atoms with van der Waals surface area (Å²) >= 11 is 6.23. The third-order valence-corrected chi connectivity index (χ3v) is 5.54. The van der Waals surface area contributed by atoms with Gasteiger partial charge in [0, 0.05) is 32.1 Å². The number of nitriles is 1. The fraction of sp³-hybridized carbons (Fsp3) is 0.480. The Hall–Kier alpha value is -3.20. The first-order valence-electron chi connectivity index (χ1n) is 11.8. The molecule has 1 unspecified atom stereocenters. The van der Waals surface area contributed by atoms with Crippen molar-refractivity contribution in [2.45, 2.75) is 52.7 Å². The molecule has 2 aromatic rings.